The molecule has 25 heavy (non-hydrogen) atoms. The zero-order chi connectivity index (χ0) is 17.8. The van der Waals surface area contributed by atoms with Gasteiger partial charge in [-0.05, 0) is 49.6 Å². The van der Waals surface area contributed by atoms with Crippen LogP contribution in [0.15, 0.2) is 36.4 Å². The topological polar surface area (TPSA) is 60.3 Å². The van der Waals surface area contributed by atoms with E-state index < -0.39 is 0 Å². The number of nitrogens with one attached hydrogen (secondary N) is 1. The maximum atomic E-state index is 14.3. The zero-order valence-corrected chi connectivity index (χ0v) is 14.6. The van der Waals surface area contributed by atoms with Gasteiger partial charge in [-0.15, -0.1) is 0 Å². The lowest BCUT2D eigenvalue weighted by atomic mass is 9.99. The Kier molecular flexibility index (Phi) is 5.24. The van der Waals surface area contributed by atoms with Gasteiger partial charge in [0.15, 0.2) is 0 Å². The molecule has 0 fully saturated rings. The number of halogens is 1. The smallest absolute Gasteiger partial charge is 0.147 e. The lowest BCUT2D eigenvalue weighted by molar-refractivity contribution is 0.397. The summed E-state index contributed by atoms with van der Waals surface area (Å²) in [6.07, 6.45) is 2.66. The Bertz CT molecular complexity index is 851. The number of ether oxygens (including phenoxy) is 2. The molecule has 0 atom stereocenters. The van der Waals surface area contributed by atoms with Gasteiger partial charge >= 0.3 is 0 Å². The lowest BCUT2D eigenvalue weighted by Crippen LogP contribution is -2.00. The first-order valence-corrected chi connectivity index (χ1v) is 8.41. The molecule has 1 aromatic heterocycles. The number of unbranched alkanes of at least 4 members (excludes halogenated alkanes) is 1. The van der Waals surface area contributed by atoms with Gasteiger partial charge in [-0.1, -0.05) is 18.2 Å². The highest BCUT2D eigenvalue weighted by Gasteiger charge is 2.21. The fourth-order valence-electron chi connectivity index (χ4n) is 3.25. The van der Waals surface area contributed by atoms with E-state index in [1.165, 1.54) is 6.07 Å². The van der Waals surface area contributed by atoms with Gasteiger partial charge in [0, 0.05) is 5.39 Å². The quantitative estimate of drug-likeness (QED) is 0.630. The van der Waals surface area contributed by atoms with Crippen molar-refractivity contribution >= 4 is 10.9 Å². The molecule has 0 amide bonds. The molecule has 3 N–H and O–H groups in total. The second-order valence-electron chi connectivity index (χ2n) is 5.92. The third-order valence-electron chi connectivity index (χ3n) is 4.45. The summed E-state index contributed by atoms with van der Waals surface area (Å²) in [5, 5.41) is 0.889. The molecule has 0 saturated heterocycles. The van der Waals surface area contributed by atoms with E-state index in [2.05, 4.69) is 4.98 Å². The van der Waals surface area contributed by atoms with Crippen molar-refractivity contribution in [3.8, 4) is 22.8 Å². The van der Waals surface area contributed by atoms with Gasteiger partial charge in [-0.3, -0.25) is 0 Å². The highest BCUT2D eigenvalue weighted by atomic mass is 19.1. The zero-order valence-electron chi connectivity index (χ0n) is 14.6. The summed E-state index contributed by atoms with van der Waals surface area (Å²) in [7, 11) is 3.24. The molecule has 0 radical (unpaired) electrons. The molecule has 4 nitrogen and oxygen atoms in total. The van der Waals surface area contributed by atoms with Gasteiger partial charge in [-0.2, -0.15) is 0 Å². The number of hydrogen-bond donors (Lipinski definition) is 2. The summed E-state index contributed by atoms with van der Waals surface area (Å²) in [5.74, 6) is 1.11. The number of fused-ring (bicyclic) bond motifs is 1. The third kappa shape index (κ3) is 3.20. The molecule has 3 rings (SSSR count). The first-order valence-electron chi connectivity index (χ1n) is 8.41. The Labute approximate surface area is 146 Å². The summed E-state index contributed by atoms with van der Waals surface area (Å²) in [5.41, 5.74) is 8.86. The number of para-hydroxylation sites is 1. The Morgan fingerprint density at radius 3 is 2.32 bits per heavy atom. The van der Waals surface area contributed by atoms with E-state index in [4.69, 9.17) is 15.2 Å². The molecule has 0 aliphatic carbocycles. The number of aryl methyl sites for hydroxylation is 1. The predicted molar refractivity (Wildman–Crippen MR) is 98.8 cm³/mol. The summed E-state index contributed by atoms with van der Waals surface area (Å²) >= 11 is 0. The third-order valence-corrected chi connectivity index (χ3v) is 4.45. The number of aromatic nitrogens is 1. The number of benzene rings is 2. The highest BCUT2D eigenvalue weighted by molar-refractivity contribution is 5.93. The number of nitrogens with two attached hydrogens (primary N) is 1. The molecular formula is C20H23FN2O2. The first-order chi connectivity index (χ1) is 12.2. The van der Waals surface area contributed by atoms with Crippen LogP contribution < -0.4 is 15.2 Å². The summed E-state index contributed by atoms with van der Waals surface area (Å²) < 4.78 is 25.4. The minimum Gasteiger partial charge on any atom is -0.496 e. The van der Waals surface area contributed by atoms with Crippen LogP contribution in [0, 0.1) is 5.82 Å². The van der Waals surface area contributed by atoms with E-state index in [0.29, 0.717) is 23.6 Å². The summed E-state index contributed by atoms with van der Waals surface area (Å²) in [6.45, 7) is 0.643. The van der Waals surface area contributed by atoms with Gasteiger partial charge in [0.25, 0.3) is 0 Å². The molecule has 132 valence electrons. The molecule has 0 spiro atoms. The van der Waals surface area contributed by atoms with Crippen LogP contribution in [0.1, 0.15) is 18.4 Å². The second kappa shape index (κ2) is 7.57. The van der Waals surface area contributed by atoms with Crippen molar-refractivity contribution in [1.29, 1.82) is 0 Å². The van der Waals surface area contributed by atoms with Crippen molar-refractivity contribution < 1.29 is 13.9 Å². The van der Waals surface area contributed by atoms with E-state index >= 15 is 0 Å². The van der Waals surface area contributed by atoms with E-state index in [0.717, 1.165) is 41.5 Å². The van der Waals surface area contributed by atoms with Crippen LogP contribution in [0.2, 0.25) is 0 Å². The van der Waals surface area contributed by atoms with Crippen LogP contribution in [-0.2, 0) is 6.42 Å². The Morgan fingerprint density at radius 1 is 1.00 bits per heavy atom. The Morgan fingerprint density at radius 2 is 1.68 bits per heavy atom. The van der Waals surface area contributed by atoms with Gasteiger partial charge < -0.3 is 20.2 Å². The molecule has 0 aliphatic heterocycles. The molecular weight excluding hydrogens is 319 g/mol. The van der Waals surface area contributed by atoms with Crippen molar-refractivity contribution in [3.05, 3.63) is 47.8 Å². The number of hydrogen-bond acceptors (Lipinski definition) is 3. The van der Waals surface area contributed by atoms with E-state index in [-0.39, 0.29) is 5.82 Å². The minimum atomic E-state index is -0.266. The van der Waals surface area contributed by atoms with E-state index in [1.807, 2.05) is 24.3 Å². The molecule has 2 aromatic carbocycles. The maximum Gasteiger partial charge on any atom is 0.147 e. The van der Waals surface area contributed by atoms with Gasteiger partial charge in [0.1, 0.15) is 17.3 Å². The molecule has 0 unspecified atom stereocenters. The monoisotopic (exact) mass is 342 g/mol. The van der Waals surface area contributed by atoms with Crippen molar-refractivity contribution in [3.63, 3.8) is 0 Å². The van der Waals surface area contributed by atoms with E-state index in [9.17, 15) is 4.39 Å². The van der Waals surface area contributed by atoms with Gasteiger partial charge in [-0.25, -0.2) is 4.39 Å². The number of methoxy groups -OCH3 is 2. The summed E-state index contributed by atoms with van der Waals surface area (Å²) in [4.78, 5) is 3.26. The largest absolute Gasteiger partial charge is 0.496 e. The lowest BCUT2D eigenvalue weighted by Gasteiger charge is -2.14. The maximum absolute atomic E-state index is 14.3. The average Bonchev–Trinajstić information content (AvgIpc) is 3.01. The number of aromatic amines is 1. The van der Waals surface area contributed by atoms with Crippen LogP contribution in [-0.4, -0.2) is 25.7 Å². The summed E-state index contributed by atoms with van der Waals surface area (Å²) in [6, 6.07) is 10.8. The highest BCUT2D eigenvalue weighted by Crippen LogP contribution is 2.42. The normalized spacial score (nSPS) is 11.0. The van der Waals surface area contributed by atoms with Crippen molar-refractivity contribution in [2.75, 3.05) is 20.8 Å². The van der Waals surface area contributed by atoms with Gasteiger partial charge in [0.05, 0.1) is 31.0 Å². The number of H-pyrrole nitrogens is 1. The standard InChI is InChI=1S/C20H23FN2O2/c1-24-16-10-6-11-17(25-2)18(16)20-14(7-3-4-12-22)13-8-5-9-15(21)19(13)23-20/h5-6,8-11,23H,3-4,7,12,22H2,1-2H3. The van der Waals surface area contributed by atoms with Crippen molar-refractivity contribution in [1.82, 2.24) is 4.98 Å². The van der Waals surface area contributed by atoms with Crippen LogP contribution in [0.3, 0.4) is 0 Å². The predicted octanol–water partition coefficient (Wildman–Crippen LogP) is 4.27. The van der Waals surface area contributed by atoms with Crippen LogP contribution >= 0.6 is 0 Å². The molecule has 1 heterocycles. The molecule has 0 bridgehead atoms. The fraction of sp³-hybridized carbons (Fsp3) is 0.300. The van der Waals surface area contributed by atoms with Crippen LogP contribution in [0.4, 0.5) is 4.39 Å². The molecule has 0 aliphatic rings. The van der Waals surface area contributed by atoms with Gasteiger partial charge in [0.2, 0.25) is 0 Å². The minimum absolute atomic E-state index is 0.266. The Hall–Kier alpha value is -2.53. The van der Waals surface area contributed by atoms with Crippen molar-refractivity contribution in [2.24, 2.45) is 5.73 Å². The first kappa shape index (κ1) is 17.3. The van der Waals surface area contributed by atoms with Crippen LogP contribution in [0.25, 0.3) is 22.2 Å². The average molecular weight is 342 g/mol. The molecule has 0 saturated carbocycles. The fourth-order valence-corrected chi connectivity index (χ4v) is 3.25. The SMILES string of the molecule is COc1cccc(OC)c1-c1[nH]c2c(F)cccc2c1CCCCN. The Balaban J connectivity index is 2.25. The second-order valence-corrected chi connectivity index (χ2v) is 5.92. The van der Waals surface area contributed by atoms with Crippen LogP contribution in [0.5, 0.6) is 11.5 Å². The molecule has 3 aromatic rings. The van der Waals surface area contributed by atoms with E-state index in [1.54, 1.807) is 20.3 Å². The van der Waals surface area contributed by atoms with Crippen molar-refractivity contribution in [2.45, 2.75) is 19.3 Å². The molecule has 5 heteroatoms. The number of rotatable bonds is 7.